The number of fused-ring (bicyclic) bond motifs is 3. The Morgan fingerprint density at radius 1 is 1.18 bits per heavy atom. The zero-order chi connectivity index (χ0) is 19.5. The van der Waals surface area contributed by atoms with Gasteiger partial charge < -0.3 is 24.6 Å². The monoisotopic (exact) mass is 385 g/mol. The first kappa shape index (κ1) is 18.8. The molecule has 4 rings (SSSR count). The number of amides is 1. The van der Waals surface area contributed by atoms with E-state index in [0.717, 1.165) is 49.8 Å². The molecule has 7 heteroatoms. The van der Waals surface area contributed by atoms with Crippen molar-refractivity contribution in [1.82, 2.24) is 14.8 Å². The highest BCUT2D eigenvalue weighted by atomic mass is 16.5. The van der Waals surface area contributed by atoms with Crippen LogP contribution in [0.2, 0.25) is 0 Å². The quantitative estimate of drug-likeness (QED) is 0.797. The molecule has 1 saturated heterocycles. The van der Waals surface area contributed by atoms with Crippen molar-refractivity contribution in [2.75, 3.05) is 32.8 Å². The highest BCUT2D eigenvalue weighted by Gasteiger charge is 2.27. The van der Waals surface area contributed by atoms with Gasteiger partial charge in [-0.05, 0) is 44.3 Å². The number of nitrogens with zero attached hydrogens (tertiary/aromatic N) is 2. The number of aromatic nitrogens is 1. The summed E-state index contributed by atoms with van der Waals surface area (Å²) in [5.41, 5.74) is 1.70. The number of aryl methyl sites for hydroxylation is 1. The number of nitrogens with one attached hydrogen (secondary N) is 1. The smallest absolute Gasteiger partial charge is 0.304 e. The Morgan fingerprint density at radius 2 is 1.96 bits per heavy atom. The number of para-hydroxylation sites is 1. The van der Waals surface area contributed by atoms with E-state index in [9.17, 15) is 9.59 Å². The van der Waals surface area contributed by atoms with Crippen molar-refractivity contribution in [3.8, 4) is 5.88 Å². The Hall–Kier alpha value is -2.54. The molecule has 0 spiro atoms. The fourth-order valence-corrected chi connectivity index (χ4v) is 4.26. The SMILES string of the molecule is O=C(O)CCN1CCC(CNC(=O)c2c3n(c4ccccc24)CCCO3)CC1. The second-order valence-corrected chi connectivity index (χ2v) is 7.69. The summed E-state index contributed by atoms with van der Waals surface area (Å²) in [4.78, 5) is 25.9. The number of carboxylic acids is 1. The molecule has 2 aliphatic heterocycles. The molecular formula is C21H27N3O4. The molecule has 28 heavy (non-hydrogen) atoms. The Morgan fingerprint density at radius 3 is 2.75 bits per heavy atom. The van der Waals surface area contributed by atoms with Crippen molar-refractivity contribution in [2.24, 2.45) is 5.92 Å². The average molecular weight is 385 g/mol. The molecule has 0 radical (unpaired) electrons. The van der Waals surface area contributed by atoms with E-state index in [-0.39, 0.29) is 12.3 Å². The summed E-state index contributed by atoms with van der Waals surface area (Å²) >= 11 is 0. The van der Waals surface area contributed by atoms with Crippen molar-refractivity contribution in [3.05, 3.63) is 29.8 Å². The summed E-state index contributed by atoms with van der Waals surface area (Å²) < 4.78 is 7.97. The van der Waals surface area contributed by atoms with Crippen LogP contribution in [-0.4, -0.2) is 59.2 Å². The van der Waals surface area contributed by atoms with Gasteiger partial charge in [0, 0.05) is 25.0 Å². The van der Waals surface area contributed by atoms with Gasteiger partial charge in [-0.3, -0.25) is 9.59 Å². The van der Waals surface area contributed by atoms with Gasteiger partial charge in [0.1, 0.15) is 5.56 Å². The molecule has 3 heterocycles. The van der Waals surface area contributed by atoms with Crippen LogP contribution in [0.25, 0.3) is 10.9 Å². The topological polar surface area (TPSA) is 83.8 Å². The summed E-state index contributed by atoms with van der Waals surface area (Å²) in [5, 5.41) is 12.9. The van der Waals surface area contributed by atoms with Crippen molar-refractivity contribution >= 4 is 22.8 Å². The Bertz CT molecular complexity index is 868. The predicted octanol–water partition coefficient (Wildman–Crippen LogP) is 2.34. The number of carbonyl (C=O) groups is 2. The number of likely N-dealkylation sites (tertiary alicyclic amines) is 1. The zero-order valence-electron chi connectivity index (χ0n) is 16.0. The molecule has 0 saturated carbocycles. The first-order chi connectivity index (χ1) is 13.6. The van der Waals surface area contributed by atoms with Crippen LogP contribution in [-0.2, 0) is 11.3 Å². The number of rotatable bonds is 6. The van der Waals surface area contributed by atoms with Crippen molar-refractivity contribution in [2.45, 2.75) is 32.2 Å². The molecule has 2 N–H and O–H groups in total. The van der Waals surface area contributed by atoms with E-state index in [0.29, 0.717) is 37.1 Å². The molecule has 1 aromatic heterocycles. The first-order valence-electron chi connectivity index (χ1n) is 10.1. The maximum atomic E-state index is 13.0. The third-order valence-corrected chi connectivity index (χ3v) is 5.82. The zero-order valence-corrected chi connectivity index (χ0v) is 16.0. The average Bonchev–Trinajstić information content (AvgIpc) is 3.06. The van der Waals surface area contributed by atoms with E-state index in [4.69, 9.17) is 9.84 Å². The van der Waals surface area contributed by atoms with Crippen LogP contribution >= 0.6 is 0 Å². The minimum absolute atomic E-state index is 0.0693. The van der Waals surface area contributed by atoms with Gasteiger partial charge in [0.05, 0.1) is 18.5 Å². The second-order valence-electron chi connectivity index (χ2n) is 7.69. The number of carboxylic acid groups (broad SMARTS) is 1. The lowest BCUT2D eigenvalue weighted by molar-refractivity contribution is -0.137. The van der Waals surface area contributed by atoms with E-state index < -0.39 is 5.97 Å². The van der Waals surface area contributed by atoms with Crippen LogP contribution < -0.4 is 10.1 Å². The summed E-state index contributed by atoms with van der Waals surface area (Å²) in [7, 11) is 0. The van der Waals surface area contributed by atoms with Gasteiger partial charge in [-0.15, -0.1) is 0 Å². The van der Waals surface area contributed by atoms with Gasteiger partial charge in [0.2, 0.25) is 5.88 Å². The van der Waals surface area contributed by atoms with E-state index in [1.807, 2.05) is 24.3 Å². The summed E-state index contributed by atoms with van der Waals surface area (Å²) in [6.07, 6.45) is 3.09. The minimum Gasteiger partial charge on any atom is -0.481 e. The number of carbonyl (C=O) groups excluding carboxylic acids is 1. The molecule has 2 aliphatic rings. The molecule has 0 aliphatic carbocycles. The van der Waals surface area contributed by atoms with E-state index >= 15 is 0 Å². The maximum absolute atomic E-state index is 13.0. The summed E-state index contributed by atoms with van der Waals surface area (Å²) in [6, 6.07) is 7.97. The molecule has 0 unspecified atom stereocenters. The lowest BCUT2D eigenvalue weighted by Crippen LogP contribution is -2.39. The Kier molecular flexibility index (Phi) is 5.52. The van der Waals surface area contributed by atoms with Crippen LogP contribution in [0.5, 0.6) is 5.88 Å². The van der Waals surface area contributed by atoms with Crippen molar-refractivity contribution in [1.29, 1.82) is 0 Å². The fourth-order valence-electron chi connectivity index (χ4n) is 4.26. The largest absolute Gasteiger partial charge is 0.481 e. The molecule has 1 amide bonds. The summed E-state index contributed by atoms with van der Waals surface area (Å²) in [5.74, 6) is 0.295. The van der Waals surface area contributed by atoms with E-state index in [1.54, 1.807) is 0 Å². The van der Waals surface area contributed by atoms with E-state index in [1.165, 1.54) is 0 Å². The molecule has 0 bridgehead atoms. The van der Waals surface area contributed by atoms with Crippen molar-refractivity contribution in [3.63, 3.8) is 0 Å². The highest BCUT2D eigenvalue weighted by molar-refractivity contribution is 6.09. The highest BCUT2D eigenvalue weighted by Crippen LogP contribution is 2.34. The van der Waals surface area contributed by atoms with Gasteiger partial charge >= 0.3 is 5.97 Å². The van der Waals surface area contributed by atoms with Crippen LogP contribution in [0, 0.1) is 5.92 Å². The van der Waals surface area contributed by atoms with Crippen LogP contribution in [0.1, 0.15) is 36.0 Å². The second kappa shape index (κ2) is 8.22. The lowest BCUT2D eigenvalue weighted by Gasteiger charge is -2.31. The molecule has 150 valence electrons. The Balaban J connectivity index is 1.38. The van der Waals surface area contributed by atoms with Gasteiger partial charge in [0.25, 0.3) is 5.91 Å². The molecule has 0 atom stereocenters. The summed E-state index contributed by atoms with van der Waals surface area (Å²) in [6.45, 7) is 4.55. The third kappa shape index (κ3) is 3.85. The standard InChI is InChI=1S/C21H27N3O4/c25-18(26)8-12-23-10-6-15(7-11-23)14-22-20(27)19-16-4-1-2-5-17(16)24-9-3-13-28-21(19)24/h1-2,4-5,15H,3,6-14H2,(H,22,27)(H,25,26). The van der Waals surface area contributed by atoms with Gasteiger partial charge in [-0.1, -0.05) is 18.2 Å². The number of aliphatic carboxylic acids is 1. The van der Waals surface area contributed by atoms with Crippen molar-refractivity contribution < 1.29 is 19.4 Å². The minimum atomic E-state index is -0.750. The molecule has 2 aromatic rings. The predicted molar refractivity (Wildman–Crippen MR) is 106 cm³/mol. The maximum Gasteiger partial charge on any atom is 0.304 e. The van der Waals surface area contributed by atoms with Gasteiger partial charge in [-0.25, -0.2) is 0 Å². The molecule has 1 fully saturated rings. The van der Waals surface area contributed by atoms with E-state index in [2.05, 4.69) is 14.8 Å². The molecule has 1 aromatic carbocycles. The normalized spacial score (nSPS) is 17.9. The number of benzene rings is 1. The third-order valence-electron chi connectivity index (χ3n) is 5.82. The van der Waals surface area contributed by atoms with Gasteiger partial charge in [-0.2, -0.15) is 0 Å². The Labute approximate surface area is 164 Å². The van der Waals surface area contributed by atoms with Crippen LogP contribution in [0.3, 0.4) is 0 Å². The number of ether oxygens (including phenoxy) is 1. The number of hydrogen-bond donors (Lipinski definition) is 2. The first-order valence-corrected chi connectivity index (χ1v) is 10.1. The van der Waals surface area contributed by atoms with Gasteiger partial charge in [0.15, 0.2) is 0 Å². The number of piperidine rings is 1. The molecular weight excluding hydrogens is 358 g/mol. The van der Waals surface area contributed by atoms with Crippen LogP contribution in [0.4, 0.5) is 0 Å². The lowest BCUT2D eigenvalue weighted by atomic mass is 9.96. The molecule has 7 nitrogen and oxygen atoms in total. The fraction of sp³-hybridized carbons (Fsp3) is 0.524. The van der Waals surface area contributed by atoms with Crippen LogP contribution in [0.15, 0.2) is 24.3 Å². The number of hydrogen-bond acceptors (Lipinski definition) is 4.